The van der Waals surface area contributed by atoms with Crippen LogP contribution in [0.4, 0.5) is 0 Å². The Hall–Kier alpha value is -1.26. The first-order valence-corrected chi connectivity index (χ1v) is 6.43. The van der Waals surface area contributed by atoms with E-state index in [1.165, 1.54) is 0 Å². The highest BCUT2D eigenvalue weighted by Gasteiger charge is 2.06. The summed E-state index contributed by atoms with van der Waals surface area (Å²) in [6, 6.07) is 9.30. The quantitative estimate of drug-likeness (QED) is 0.792. The van der Waals surface area contributed by atoms with Crippen LogP contribution in [0.3, 0.4) is 0 Å². The molecule has 1 aromatic carbocycles. The second kappa shape index (κ2) is 6.07. The summed E-state index contributed by atoms with van der Waals surface area (Å²) in [6.45, 7) is 0.369. The van der Waals surface area contributed by atoms with Gasteiger partial charge in [-0.3, -0.25) is 0 Å². The van der Waals surface area contributed by atoms with Crippen LogP contribution in [0.25, 0.3) is 0 Å². The van der Waals surface area contributed by atoms with Gasteiger partial charge in [0.1, 0.15) is 12.4 Å². The van der Waals surface area contributed by atoms with Gasteiger partial charge in [-0.2, -0.15) is 0 Å². The lowest BCUT2D eigenvalue weighted by Crippen LogP contribution is -1.99. The summed E-state index contributed by atoms with van der Waals surface area (Å²) in [6.07, 6.45) is 1.62. The topological polar surface area (TPSA) is 31.4 Å². The second-order valence-electron chi connectivity index (χ2n) is 3.54. The van der Waals surface area contributed by atoms with E-state index in [4.69, 9.17) is 21.1 Å². The highest BCUT2D eigenvalue weighted by molar-refractivity contribution is 9.10. The molecule has 0 aliphatic carbocycles. The molecule has 2 aromatic rings. The van der Waals surface area contributed by atoms with E-state index in [1.807, 2.05) is 18.2 Å². The van der Waals surface area contributed by atoms with Gasteiger partial charge in [0.2, 0.25) is 0 Å². The average molecular weight is 329 g/mol. The number of methoxy groups -OCH3 is 1. The van der Waals surface area contributed by atoms with Crippen LogP contribution in [0, 0.1) is 0 Å². The molecule has 0 saturated heterocycles. The number of rotatable bonds is 4. The lowest BCUT2D eigenvalue weighted by Gasteiger charge is -2.11. The summed E-state index contributed by atoms with van der Waals surface area (Å²) in [5, 5.41) is 0.353. The van der Waals surface area contributed by atoms with Gasteiger partial charge in [0.05, 0.1) is 7.11 Å². The smallest absolute Gasteiger partial charge is 0.171 e. The van der Waals surface area contributed by atoms with Gasteiger partial charge in [0.15, 0.2) is 10.9 Å². The maximum Gasteiger partial charge on any atom is 0.171 e. The summed E-state index contributed by atoms with van der Waals surface area (Å²) < 4.78 is 11.9. The zero-order chi connectivity index (χ0) is 13.0. The largest absolute Gasteiger partial charge is 0.496 e. The summed E-state index contributed by atoms with van der Waals surface area (Å²) in [5.74, 6) is 1.33. The van der Waals surface area contributed by atoms with Crippen molar-refractivity contribution in [1.82, 2.24) is 4.98 Å². The number of nitrogens with zero attached hydrogens (tertiary/aromatic N) is 1. The van der Waals surface area contributed by atoms with Crippen molar-refractivity contribution in [3.05, 3.63) is 51.7 Å². The zero-order valence-electron chi connectivity index (χ0n) is 9.69. The predicted molar refractivity (Wildman–Crippen MR) is 74.3 cm³/mol. The van der Waals surface area contributed by atoms with Crippen LogP contribution in [-0.2, 0) is 6.61 Å². The minimum atomic E-state index is 0.353. The van der Waals surface area contributed by atoms with Gasteiger partial charge in [-0.1, -0.05) is 27.5 Å². The van der Waals surface area contributed by atoms with E-state index in [2.05, 4.69) is 20.9 Å². The second-order valence-corrected chi connectivity index (χ2v) is 4.81. The fourth-order valence-corrected chi connectivity index (χ4v) is 2.08. The van der Waals surface area contributed by atoms with E-state index in [-0.39, 0.29) is 0 Å². The van der Waals surface area contributed by atoms with Gasteiger partial charge >= 0.3 is 0 Å². The first-order chi connectivity index (χ1) is 8.70. The van der Waals surface area contributed by atoms with E-state index in [0.717, 1.165) is 15.8 Å². The number of ether oxygens (including phenoxy) is 2. The first kappa shape index (κ1) is 13.2. The molecule has 18 heavy (non-hydrogen) atoms. The first-order valence-electron chi connectivity index (χ1n) is 5.26. The van der Waals surface area contributed by atoms with Crippen LogP contribution >= 0.6 is 27.5 Å². The van der Waals surface area contributed by atoms with Crippen LogP contribution in [0.1, 0.15) is 5.56 Å². The Morgan fingerprint density at radius 1 is 1.28 bits per heavy atom. The highest BCUT2D eigenvalue weighted by Crippen LogP contribution is 2.26. The molecule has 5 heteroatoms. The molecule has 1 heterocycles. The maximum absolute atomic E-state index is 5.92. The molecule has 0 aliphatic heterocycles. The van der Waals surface area contributed by atoms with Crippen molar-refractivity contribution < 1.29 is 9.47 Å². The molecule has 94 valence electrons. The van der Waals surface area contributed by atoms with E-state index in [0.29, 0.717) is 17.5 Å². The number of hydrogen-bond acceptors (Lipinski definition) is 3. The van der Waals surface area contributed by atoms with Crippen molar-refractivity contribution in [1.29, 1.82) is 0 Å². The third-order valence-corrected chi connectivity index (χ3v) is 3.13. The number of aromatic nitrogens is 1. The average Bonchev–Trinajstić information content (AvgIpc) is 2.38. The Balaban J connectivity index is 2.15. The Morgan fingerprint density at radius 3 is 2.83 bits per heavy atom. The van der Waals surface area contributed by atoms with E-state index < -0.39 is 0 Å². The van der Waals surface area contributed by atoms with Gasteiger partial charge in [-0.05, 0) is 30.3 Å². The number of halogens is 2. The van der Waals surface area contributed by atoms with Crippen LogP contribution in [0.15, 0.2) is 41.0 Å². The van der Waals surface area contributed by atoms with Gasteiger partial charge in [0, 0.05) is 16.2 Å². The molecule has 0 radical (unpaired) electrons. The molecule has 0 N–H and O–H groups in total. The molecule has 0 bridgehead atoms. The molecule has 0 spiro atoms. The van der Waals surface area contributed by atoms with E-state index >= 15 is 0 Å². The fourth-order valence-electron chi connectivity index (χ4n) is 1.49. The van der Waals surface area contributed by atoms with Gasteiger partial charge in [-0.15, -0.1) is 0 Å². The third-order valence-electron chi connectivity index (χ3n) is 2.35. The summed E-state index contributed by atoms with van der Waals surface area (Å²) in [5.41, 5.74) is 0.937. The molecule has 1 aromatic heterocycles. The van der Waals surface area contributed by atoms with Gasteiger partial charge in [0.25, 0.3) is 0 Å². The lowest BCUT2D eigenvalue weighted by atomic mass is 10.2. The summed E-state index contributed by atoms with van der Waals surface area (Å²) >= 11 is 9.34. The Bertz CT molecular complexity index is 548. The highest BCUT2D eigenvalue weighted by atomic mass is 79.9. The maximum atomic E-state index is 5.92. The van der Waals surface area contributed by atoms with Crippen molar-refractivity contribution in [2.45, 2.75) is 6.61 Å². The third kappa shape index (κ3) is 3.15. The molecular weight excluding hydrogens is 318 g/mol. The molecule has 3 nitrogen and oxygen atoms in total. The Morgan fingerprint density at radius 2 is 2.11 bits per heavy atom. The van der Waals surface area contributed by atoms with E-state index in [1.54, 1.807) is 25.4 Å². The summed E-state index contributed by atoms with van der Waals surface area (Å²) in [7, 11) is 1.63. The molecular formula is C13H11BrClNO2. The molecule has 0 atom stereocenters. The van der Waals surface area contributed by atoms with Crippen molar-refractivity contribution >= 4 is 27.5 Å². The number of hydrogen-bond donors (Lipinski definition) is 0. The minimum absolute atomic E-state index is 0.353. The molecule has 0 saturated carbocycles. The molecule has 0 amide bonds. The van der Waals surface area contributed by atoms with Gasteiger partial charge in [-0.25, -0.2) is 4.98 Å². The van der Waals surface area contributed by atoms with E-state index in [9.17, 15) is 0 Å². The Kier molecular flexibility index (Phi) is 4.44. The van der Waals surface area contributed by atoms with Crippen molar-refractivity contribution in [2.24, 2.45) is 0 Å². The fraction of sp³-hybridized carbons (Fsp3) is 0.154. The van der Waals surface area contributed by atoms with Crippen molar-refractivity contribution in [2.75, 3.05) is 7.11 Å². The summed E-state index contributed by atoms with van der Waals surface area (Å²) in [4.78, 5) is 3.95. The molecule has 0 unspecified atom stereocenters. The predicted octanol–water partition coefficient (Wildman–Crippen LogP) is 4.09. The van der Waals surface area contributed by atoms with Crippen molar-refractivity contribution in [3.8, 4) is 11.5 Å². The Labute approximate surface area is 119 Å². The molecule has 0 aliphatic rings. The van der Waals surface area contributed by atoms with Gasteiger partial charge < -0.3 is 9.47 Å². The molecule has 2 rings (SSSR count). The SMILES string of the molecule is COc1ccc(Br)cc1COc1cccnc1Cl. The monoisotopic (exact) mass is 327 g/mol. The minimum Gasteiger partial charge on any atom is -0.496 e. The lowest BCUT2D eigenvalue weighted by molar-refractivity contribution is 0.295. The standard InChI is InChI=1S/C13H11BrClNO2/c1-17-11-5-4-10(14)7-9(11)8-18-12-3-2-6-16-13(12)15/h2-7H,8H2,1H3. The zero-order valence-corrected chi connectivity index (χ0v) is 12.0. The van der Waals surface area contributed by atoms with Crippen LogP contribution < -0.4 is 9.47 Å². The normalized spacial score (nSPS) is 10.2. The van der Waals surface area contributed by atoms with Crippen LogP contribution in [-0.4, -0.2) is 12.1 Å². The number of pyridine rings is 1. The molecule has 0 fully saturated rings. The number of benzene rings is 1. The van der Waals surface area contributed by atoms with Crippen LogP contribution in [0.5, 0.6) is 11.5 Å². The van der Waals surface area contributed by atoms with Crippen LogP contribution in [0.2, 0.25) is 5.15 Å². The van der Waals surface area contributed by atoms with Crippen molar-refractivity contribution in [3.63, 3.8) is 0 Å².